The largest absolute Gasteiger partial charge is 0.457 e. The normalized spacial score (nSPS) is 15.8. The molecular weight excluding hydrogens is 378 g/mol. The van der Waals surface area contributed by atoms with Crippen molar-refractivity contribution in [1.82, 2.24) is 9.88 Å². The third-order valence-corrected chi connectivity index (χ3v) is 5.09. The monoisotopic (exact) mass is 401 g/mol. The minimum Gasteiger partial charge on any atom is -0.457 e. The van der Waals surface area contributed by atoms with Crippen molar-refractivity contribution in [3.63, 3.8) is 0 Å². The standard InChI is InChI=1S/C24H23N3O3/c1-17-2-4-18(5-3-17)15-27-16-19(14-23(27)28)24(29)26-20-6-8-21(9-7-20)30-22-10-12-25-13-11-22/h2-13,19H,14-16H2,1H3,(H,26,29). The van der Waals surface area contributed by atoms with Crippen LogP contribution in [0.3, 0.4) is 0 Å². The molecule has 2 aromatic carbocycles. The van der Waals surface area contributed by atoms with Gasteiger partial charge in [0.1, 0.15) is 11.5 Å². The lowest BCUT2D eigenvalue weighted by molar-refractivity contribution is -0.128. The number of nitrogens with zero attached hydrogens (tertiary/aromatic N) is 2. The number of pyridine rings is 1. The number of carbonyl (C=O) groups is 2. The molecule has 30 heavy (non-hydrogen) atoms. The second kappa shape index (κ2) is 8.78. The molecule has 152 valence electrons. The molecule has 1 aliphatic rings. The van der Waals surface area contributed by atoms with Crippen molar-refractivity contribution in [2.45, 2.75) is 19.9 Å². The molecule has 6 nitrogen and oxygen atoms in total. The lowest BCUT2D eigenvalue weighted by Crippen LogP contribution is -2.28. The quantitative estimate of drug-likeness (QED) is 0.673. The van der Waals surface area contributed by atoms with Gasteiger partial charge in [-0.15, -0.1) is 0 Å². The smallest absolute Gasteiger partial charge is 0.229 e. The third kappa shape index (κ3) is 4.84. The first-order chi connectivity index (χ1) is 14.6. The van der Waals surface area contributed by atoms with Crippen molar-refractivity contribution in [3.8, 4) is 11.5 Å². The van der Waals surface area contributed by atoms with E-state index in [9.17, 15) is 9.59 Å². The minimum absolute atomic E-state index is 0.0109. The van der Waals surface area contributed by atoms with Gasteiger partial charge in [-0.2, -0.15) is 0 Å². The van der Waals surface area contributed by atoms with E-state index in [0.29, 0.717) is 30.3 Å². The summed E-state index contributed by atoms with van der Waals surface area (Å²) in [5, 5.41) is 2.90. The zero-order chi connectivity index (χ0) is 20.9. The first-order valence-corrected chi connectivity index (χ1v) is 9.89. The van der Waals surface area contributed by atoms with Gasteiger partial charge in [-0.1, -0.05) is 29.8 Å². The van der Waals surface area contributed by atoms with Crippen LogP contribution in [0.2, 0.25) is 0 Å². The molecule has 4 rings (SSSR count). The maximum Gasteiger partial charge on any atom is 0.229 e. The van der Waals surface area contributed by atoms with Gasteiger partial charge in [-0.25, -0.2) is 0 Å². The van der Waals surface area contributed by atoms with E-state index in [-0.39, 0.29) is 24.2 Å². The van der Waals surface area contributed by atoms with E-state index in [0.717, 1.165) is 5.56 Å². The molecule has 3 aromatic rings. The molecule has 1 fully saturated rings. The van der Waals surface area contributed by atoms with E-state index in [1.165, 1.54) is 5.56 Å². The Labute approximate surface area is 175 Å². The molecule has 0 spiro atoms. The number of aromatic nitrogens is 1. The van der Waals surface area contributed by atoms with Crippen molar-refractivity contribution in [2.75, 3.05) is 11.9 Å². The number of anilines is 1. The molecule has 1 atom stereocenters. The molecule has 2 amide bonds. The van der Waals surface area contributed by atoms with Crippen LogP contribution in [0, 0.1) is 12.8 Å². The molecule has 1 unspecified atom stereocenters. The van der Waals surface area contributed by atoms with Crippen LogP contribution in [0.5, 0.6) is 11.5 Å². The van der Waals surface area contributed by atoms with E-state index in [1.54, 1.807) is 53.7 Å². The molecule has 1 aliphatic heterocycles. The molecular formula is C24H23N3O3. The summed E-state index contributed by atoms with van der Waals surface area (Å²) in [5.74, 6) is 0.879. The average molecular weight is 401 g/mol. The van der Waals surface area contributed by atoms with Crippen molar-refractivity contribution < 1.29 is 14.3 Å². The molecule has 1 saturated heterocycles. The summed E-state index contributed by atoms with van der Waals surface area (Å²) in [4.78, 5) is 30.7. The van der Waals surface area contributed by atoms with Crippen molar-refractivity contribution in [1.29, 1.82) is 0 Å². The van der Waals surface area contributed by atoms with E-state index >= 15 is 0 Å². The molecule has 0 bridgehead atoms. The number of ether oxygens (including phenoxy) is 1. The van der Waals surface area contributed by atoms with Gasteiger partial charge in [0.2, 0.25) is 11.8 Å². The van der Waals surface area contributed by atoms with Gasteiger partial charge in [0.15, 0.2) is 0 Å². The first-order valence-electron chi connectivity index (χ1n) is 9.89. The van der Waals surface area contributed by atoms with Crippen LogP contribution < -0.4 is 10.1 Å². The van der Waals surface area contributed by atoms with Crippen LogP contribution in [-0.4, -0.2) is 28.2 Å². The summed E-state index contributed by atoms with van der Waals surface area (Å²) in [6, 6.07) is 18.8. The van der Waals surface area contributed by atoms with Gasteiger partial charge in [0, 0.05) is 37.6 Å². The summed E-state index contributed by atoms with van der Waals surface area (Å²) >= 11 is 0. The number of benzene rings is 2. The van der Waals surface area contributed by atoms with E-state index < -0.39 is 0 Å². The second-order valence-corrected chi connectivity index (χ2v) is 7.46. The summed E-state index contributed by atoms with van der Waals surface area (Å²) in [6.07, 6.45) is 3.56. The zero-order valence-corrected chi connectivity index (χ0v) is 16.7. The van der Waals surface area contributed by atoms with Crippen molar-refractivity contribution in [3.05, 3.63) is 84.2 Å². The minimum atomic E-state index is -0.351. The maximum absolute atomic E-state index is 12.7. The fraction of sp³-hybridized carbons (Fsp3) is 0.208. The number of amides is 2. The summed E-state index contributed by atoms with van der Waals surface area (Å²) in [7, 11) is 0. The summed E-state index contributed by atoms with van der Waals surface area (Å²) in [6.45, 7) is 2.99. The lowest BCUT2D eigenvalue weighted by atomic mass is 10.1. The second-order valence-electron chi connectivity index (χ2n) is 7.46. The zero-order valence-electron chi connectivity index (χ0n) is 16.7. The Morgan fingerprint density at radius 1 is 1.03 bits per heavy atom. The molecule has 0 radical (unpaired) electrons. The molecule has 2 heterocycles. The Kier molecular flexibility index (Phi) is 5.75. The number of nitrogens with one attached hydrogen (secondary N) is 1. The number of carbonyl (C=O) groups excluding carboxylic acids is 2. The molecule has 1 N–H and O–H groups in total. The lowest BCUT2D eigenvalue weighted by Gasteiger charge is -2.17. The van der Waals surface area contributed by atoms with Crippen LogP contribution in [0.15, 0.2) is 73.1 Å². The number of hydrogen-bond donors (Lipinski definition) is 1. The third-order valence-electron chi connectivity index (χ3n) is 5.09. The van der Waals surface area contributed by atoms with E-state index in [2.05, 4.69) is 10.3 Å². The highest BCUT2D eigenvalue weighted by molar-refractivity contribution is 5.97. The Hall–Kier alpha value is -3.67. The van der Waals surface area contributed by atoms with Crippen molar-refractivity contribution >= 4 is 17.5 Å². The molecule has 1 aromatic heterocycles. The Morgan fingerprint density at radius 2 is 1.70 bits per heavy atom. The fourth-order valence-corrected chi connectivity index (χ4v) is 3.41. The van der Waals surface area contributed by atoms with E-state index in [4.69, 9.17) is 4.74 Å². The van der Waals surface area contributed by atoms with Gasteiger partial charge in [-0.3, -0.25) is 14.6 Å². The number of rotatable bonds is 6. The Morgan fingerprint density at radius 3 is 2.40 bits per heavy atom. The van der Waals surface area contributed by atoms with Crippen LogP contribution >= 0.6 is 0 Å². The Balaban J connectivity index is 1.32. The van der Waals surface area contributed by atoms with Crippen LogP contribution in [-0.2, 0) is 16.1 Å². The summed E-state index contributed by atoms with van der Waals surface area (Å²) in [5.41, 5.74) is 2.92. The van der Waals surface area contributed by atoms with Crippen molar-refractivity contribution in [2.24, 2.45) is 5.92 Å². The van der Waals surface area contributed by atoms with Gasteiger partial charge in [0.05, 0.1) is 5.92 Å². The van der Waals surface area contributed by atoms with Crippen LogP contribution in [0.25, 0.3) is 0 Å². The first kappa shape index (κ1) is 19.6. The Bertz CT molecular complexity index is 1020. The predicted octanol–water partition coefficient (Wildman–Crippen LogP) is 4.17. The number of hydrogen-bond acceptors (Lipinski definition) is 4. The van der Waals surface area contributed by atoms with Crippen LogP contribution in [0.1, 0.15) is 17.5 Å². The van der Waals surface area contributed by atoms with Gasteiger partial charge < -0.3 is 15.0 Å². The number of likely N-dealkylation sites (tertiary alicyclic amines) is 1. The molecule has 6 heteroatoms. The highest BCUT2D eigenvalue weighted by Gasteiger charge is 2.34. The van der Waals surface area contributed by atoms with Gasteiger partial charge >= 0.3 is 0 Å². The summed E-state index contributed by atoms with van der Waals surface area (Å²) < 4.78 is 5.73. The topological polar surface area (TPSA) is 71.5 Å². The van der Waals surface area contributed by atoms with E-state index in [1.807, 2.05) is 31.2 Å². The van der Waals surface area contributed by atoms with Crippen LogP contribution in [0.4, 0.5) is 5.69 Å². The molecule has 0 saturated carbocycles. The SMILES string of the molecule is Cc1ccc(CN2CC(C(=O)Nc3ccc(Oc4ccncc4)cc3)CC2=O)cc1. The highest BCUT2D eigenvalue weighted by Crippen LogP contribution is 2.25. The van der Waals surface area contributed by atoms with Gasteiger partial charge in [-0.05, 0) is 48.9 Å². The fourth-order valence-electron chi connectivity index (χ4n) is 3.41. The van der Waals surface area contributed by atoms with Gasteiger partial charge in [0.25, 0.3) is 0 Å². The average Bonchev–Trinajstić information content (AvgIpc) is 3.12. The number of aryl methyl sites for hydroxylation is 1. The predicted molar refractivity (Wildman–Crippen MR) is 114 cm³/mol. The highest BCUT2D eigenvalue weighted by atomic mass is 16.5. The molecule has 0 aliphatic carbocycles. The maximum atomic E-state index is 12.7.